The van der Waals surface area contributed by atoms with Crippen LogP contribution in [0.5, 0.6) is 0 Å². The Labute approximate surface area is 79.1 Å². The average Bonchev–Trinajstić information content (AvgIpc) is 2.81. The van der Waals surface area contributed by atoms with Crippen LogP contribution in [0.3, 0.4) is 0 Å². The minimum atomic E-state index is 0.396. The maximum Gasteiger partial charge on any atom is 0.0793 e. The number of hydrogen-bond donors (Lipinski definition) is 1. The third kappa shape index (κ3) is 1.91. The normalized spacial score (nSPS) is 19.0. The highest BCUT2D eigenvalue weighted by Crippen LogP contribution is 2.23. The molecule has 1 aromatic heterocycles. The molecule has 1 aromatic rings. The summed E-state index contributed by atoms with van der Waals surface area (Å²) in [6.07, 6.45) is 2.66. The minimum Gasteiger partial charge on any atom is -0.306 e. The summed E-state index contributed by atoms with van der Waals surface area (Å²) in [5.41, 5.74) is 2.38. The van der Waals surface area contributed by atoms with Crippen molar-refractivity contribution in [2.75, 3.05) is 0 Å². The zero-order chi connectivity index (χ0) is 9.42. The fraction of sp³-hybridized carbons (Fsp3) is 0.700. The Morgan fingerprint density at radius 2 is 2.31 bits per heavy atom. The van der Waals surface area contributed by atoms with Crippen molar-refractivity contribution in [2.24, 2.45) is 7.05 Å². The van der Waals surface area contributed by atoms with E-state index < -0.39 is 0 Å². The summed E-state index contributed by atoms with van der Waals surface area (Å²) in [4.78, 5) is 0. The van der Waals surface area contributed by atoms with Gasteiger partial charge in [0.05, 0.1) is 5.69 Å². The van der Waals surface area contributed by atoms with E-state index in [0.29, 0.717) is 6.04 Å². The van der Waals surface area contributed by atoms with E-state index in [-0.39, 0.29) is 0 Å². The van der Waals surface area contributed by atoms with E-state index in [1.165, 1.54) is 18.5 Å². The van der Waals surface area contributed by atoms with Crippen LogP contribution < -0.4 is 5.32 Å². The second kappa shape index (κ2) is 3.14. The molecule has 1 fully saturated rings. The predicted molar refractivity (Wildman–Crippen MR) is 52.5 cm³/mol. The van der Waals surface area contributed by atoms with Gasteiger partial charge in [-0.2, -0.15) is 5.10 Å². The first-order chi connectivity index (χ1) is 6.16. The molecule has 1 heterocycles. The second-order valence-corrected chi connectivity index (χ2v) is 4.00. The van der Waals surface area contributed by atoms with Crippen molar-refractivity contribution in [1.29, 1.82) is 0 Å². The molecular weight excluding hydrogens is 162 g/mol. The third-order valence-electron chi connectivity index (χ3n) is 2.64. The highest BCUT2D eigenvalue weighted by Gasteiger charge is 2.24. The van der Waals surface area contributed by atoms with Gasteiger partial charge < -0.3 is 5.32 Å². The van der Waals surface area contributed by atoms with Crippen molar-refractivity contribution < 1.29 is 0 Å². The molecule has 1 unspecified atom stereocenters. The summed E-state index contributed by atoms with van der Waals surface area (Å²) in [7, 11) is 1.99. The Hall–Kier alpha value is -0.830. The highest BCUT2D eigenvalue weighted by molar-refractivity contribution is 5.12. The maximum atomic E-state index is 4.45. The lowest BCUT2D eigenvalue weighted by molar-refractivity contribution is 0.548. The molecule has 1 N–H and O–H groups in total. The fourth-order valence-electron chi connectivity index (χ4n) is 1.49. The van der Waals surface area contributed by atoms with Crippen LogP contribution in [0.25, 0.3) is 0 Å². The van der Waals surface area contributed by atoms with E-state index in [2.05, 4.69) is 30.3 Å². The lowest BCUT2D eigenvalue weighted by Crippen LogP contribution is -2.21. The summed E-state index contributed by atoms with van der Waals surface area (Å²) in [5, 5.41) is 7.98. The molecule has 0 radical (unpaired) electrons. The molecule has 0 aromatic carbocycles. The van der Waals surface area contributed by atoms with Gasteiger partial charge in [0.15, 0.2) is 0 Å². The van der Waals surface area contributed by atoms with Gasteiger partial charge in [-0.15, -0.1) is 0 Å². The molecule has 3 nitrogen and oxygen atoms in total. The maximum absolute atomic E-state index is 4.45. The Morgan fingerprint density at radius 1 is 1.62 bits per heavy atom. The molecule has 72 valence electrons. The number of aryl methyl sites for hydroxylation is 2. The Bertz CT molecular complexity index is 280. The van der Waals surface area contributed by atoms with E-state index in [4.69, 9.17) is 0 Å². The molecule has 1 aliphatic rings. The summed E-state index contributed by atoms with van der Waals surface area (Å²) in [5.74, 6) is 0. The molecule has 0 aliphatic heterocycles. The van der Waals surface area contributed by atoms with Gasteiger partial charge in [0.1, 0.15) is 0 Å². The largest absolute Gasteiger partial charge is 0.306 e. The van der Waals surface area contributed by atoms with Crippen LogP contribution in [-0.2, 0) is 7.05 Å². The molecule has 0 bridgehead atoms. The van der Waals surface area contributed by atoms with Crippen LogP contribution in [0.1, 0.15) is 37.2 Å². The Morgan fingerprint density at radius 3 is 2.77 bits per heavy atom. The number of aromatic nitrogens is 2. The van der Waals surface area contributed by atoms with E-state index >= 15 is 0 Å². The fourth-order valence-corrected chi connectivity index (χ4v) is 1.49. The summed E-state index contributed by atoms with van der Waals surface area (Å²) in [6.45, 7) is 4.26. The van der Waals surface area contributed by atoms with Crippen molar-refractivity contribution in [3.05, 3.63) is 17.5 Å². The van der Waals surface area contributed by atoms with E-state index in [1.807, 2.05) is 11.7 Å². The zero-order valence-corrected chi connectivity index (χ0v) is 8.54. The first-order valence-corrected chi connectivity index (χ1v) is 4.93. The molecule has 0 spiro atoms. The average molecular weight is 179 g/mol. The lowest BCUT2D eigenvalue weighted by Gasteiger charge is -2.09. The summed E-state index contributed by atoms with van der Waals surface area (Å²) < 4.78 is 1.93. The number of nitrogens with one attached hydrogen (secondary N) is 1. The molecular formula is C10H17N3. The number of nitrogens with zero attached hydrogens (tertiary/aromatic N) is 2. The van der Waals surface area contributed by atoms with E-state index in [9.17, 15) is 0 Å². The van der Waals surface area contributed by atoms with Gasteiger partial charge in [0.25, 0.3) is 0 Å². The monoisotopic (exact) mass is 179 g/mol. The molecule has 1 saturated carbocycles. The van der Waals surface area contributed by atoms with Crippen LogP contribution in [0.4, 0.5) is 0 Å². The Balaban J connectivity index is 2.05. The standard InChI is InChI=1S/C10H17N3/c1-7-6-10(12-13(7)3)8(2)11-9-4-5-9/h6,8-9,11H,4-5H2,1-3H3. The number of rotatable bonds is 3. The first-order valence-electron chi connectivity index (χ1n) is 4.93. The number of hydrogen-bond acceptors (Lipinski definition) is 2. The van der Waals surface area contributed by atoms with Gasteiger partial charge in [-0.05, 0) is 32.8 Å². The first kappa shape index (κ1) is 8.75. The zero-order valence-electron chi connectivity index (χ0n) is 8.54. The van der Waals surface area contributed by atoms with Crippen molar-refractivity contribution in [3.8, 4) is 0 Å². The third-order valence-corrected chi connectivity index (χ3v) is 2.64. The van der Waals surface area contributed by atoms with Crippen LogP contribution in [0.2, 0.25) is 0 Å². The minimum absolute atomic E-state index is 0.396. The van der Waals surface area contributed by atoms with Gasteiger partial charge in [-0.1, -0.05) is 0 Å². The van der Waals surface area contributed by atoms with Crippen LogP contribution >= 0.6 is 0 Å². The molecule has 1 atom stereocenters. The molecule has 0 amide bonds. The molecule has 0 saturated heterocycles. The van der Waals surface area contributed by atoms with E-state index in [0.717, 1.165) is 11.7 Å². The van der Waals surface area contributed by atoms with Crippen LogP contribution in [-0.4, -0.2) is 15.8 Å². The van der Waals surface area contributed by atoms with Gasteiger partial charge in [-0.3, -0.25) is 4.68 Å². The summed E-state index contributed by atoms with van der Waals surface area (Å²) in [6, 6.07) is 3.30. The summed E-state index contributed by atoms with van der Waals surface area (Å²) >= 11 is 0. The van der Waals surface area contributed by atoms with Crippen molar-refractivity contribution in [1.82, 2.24) is 15.1 Å². The predicted octanol–water partition coefficient (Wildman–Crippen LogP) is 1.54. The van der Waals surface area contributed by atoms with E-state index in [1.54, 1.807) is 0 Å². The quantitative estimate of drug-likeness (QED) is 0.762. The van der Waals surface area contributed by atoms with Gasteiger partial charge >= 0.3 is 0 Å². The highest BCUT2D eigenvalue weighted by atomic mass is 15.3. The molecule has 13 heavy (non-hydrogen) atoms. The lowest BCUT2D eigenvalue weighted by atomic mass is 10.2. The van der Waals surface area contributed by atoms with Crippen LogP contribution in [0, 0.1) is 6.92 Å². The molecule has 1 aliphatic carbocycles. The Kier molecular flexibility index (Phi) is 2.12. The van der Waals surface area contributed by atoms with Gasteiger partial charge in [0.2, 0.25) is 0 Å². The van der Waals surface area contributed by atoms with Gasteiger partial charge in [-0.25, -0.2) is 0 Å². The van der Waals surface area contributed by atoms with Crippen molar-refractivity contribution in [3.63, 3.8) is 0 Å². The van der Waals surface area contributed by atoms with Crippen molar-refractivity contribution >= 4 is 0 Å². The smallest absolute Gasteiger partial charge is 0.0793 e. The van der Waals surface area contributed by atoms with Gasteiger partial charge in [0, 0.05) is 24.8 Å². The molecule has 2 rings (SSSR count). The topological polar surface area (TPSA) is 29.9 Å². The second-order valence-electron chi connectivity index (χ2n) is 4.00. The molecule has 3 heteroatoms. The van der Waals surface area contributed by atoms with Crippen molar-refractivity contribution in [2.45, 2.75) is 38.8 Å². The SMILES string of the molecule is Cc1cc(C(C)NC2CC2)nn1C. The van der Waals surface area contributed by atoms with Crippen LogP contribution in [0.15, 0.2) is 6.07 Å².